The summed E-state index contributed by atoms with van der Waals surface area (Å²) in [5.41, 5.74) is 9.95. The Morgan fingerprint density at radius 1 is 1.30 bits per heavy atom. The lowest BCUT2D eigenvalue weighted by atomic mass is 9.85. The van der Waals surface area contributed by atoms with Crippen LogP contribution in [-0.4, -0.2) is 34.8 Å². The van der Waals surface area contributed by atoms with E-state index in [1.165, 1.54) is 42.7 Å². The third kappa shape index (κ3) is 1.61. The van der Waals surface area contributed by atoms with Crippen LogP contribution in [0.25, 0.3) is 5.52 Å². The monoisotopic (exact) mass is 269 g/mol. The smallest absolute Gasteiger partial charge is 0.250 e. The lowest BCUT2D eigenvalue weighted by molar-refractivity contribution is 0.1000. The number of nitrogens with zero attached hydrogens (tertiary/aromatic N) is 2. The van der Waals surface area contributed by atoms with Gasteiger partial charge in [0.2, 0.25) is 5.91 Å². The molecular weight excluding hydrogens is 250 g/mol. The number of rotatable bonds is 2. The van der Waals surface area contributed by atoms with E-state index in [-0.39, 0.29) is 5.91 Å². The first-order valence-electron chi connectivity index (χ1n) is 7.27. The van der Waals surface area contributed by atoms with Gasteiger partial charge in [-0.05, 0) is 49.1 Å². The number of hydrogen-bond donors (Lipinski definition) is 1. The minimum atomic E-state index is -0.370. The van der Waals surface area contributed by atoms with Gasteiger partial charge < -0.3 is 15.0 Å². The van der Waals surface area contributed by atoms with Gasteiger partial charge in [-0.15, -0.1) is 0 Å². The van der Waals surface area contributed by atoms with Crippen LogP contribution in [0.4, 0.5) is 0 Å². The Labute approximate surface area is 118 Å². The zero-order chi connectivity index (χ0) is 13.9. The Bertz CT molecular complexity index is 703. The molecule has 0 saturated carbocycles. The van der Waals surface area contributed by atoms with Crippen LogP contribution in [0.3, 0.4) is 0 Å². The molecule has 4 rings (SSSR count). The number of amides is 1. The van der Waals surface area contributed by atoms with Gasteiger partial charge >= 0.3 is 0 Å². The van der Waals surface area contributed by atoms with Crippen LogP contribution in [-0.2, 0) is 0 Å². The predicted octanol–water partition coefficient (Wildman–Crippen LogP) is 1.77. The molecule has 3 unspecified atom stereocenters. The SMILES string of the molecule is Cc1cn2cc(C(N)=O)ccc2c1C1CN2CCC1C2. The Morgan fingerprint density at radius 2 is 2.15 bits per heavy atom. The quantitative estimate of drug-likeness (QED) is 0.903. The lowest BCUT2D eigenvalue weighted by Gasteiger charge is -2.22. The summed E-state index contributed by atoms with van der Waals surface area (Å²) in [5.74, 6) is 1.08. The highest BCUT2D eigenvalue weighted by Gasteiger charge is 2.40. The second-order valence-electron chi connectivity index (χ2n) is 6.22. The van der Waals surface area contributed by atoms with E-state index in [0.717, 1.165) is 5.92 Å². The number of pyridine rings is 1. The van der Waals surface area contributed by atoms with Crippen LogP contribution in [0, 0.1) is 12.8 Å². The van der Waals surface area contributed by atoms with Crippen molar-refractivity contribution in [2.45, 2.75) is 19.3 Å². The lowest BCUT2D eigenvalue weighted by Crippen LogP contribution is -2.22. The van der Waals surface area contributed by atoms with Crippen molar-refractivity contribution < 1.29 is 4.79 Å². The summed E-state index contributed by atoms with van der Waals surface area (Å²) in [6.45, 7) is 5.87. The van der Waals surface area contributed by atoms with Crippen molar-refractivity contribution in [1.82, 2.24) is 9.30 Å². The Morgan fingerprint density at radius 3 is 2.80 bits per heavy atom. The standard InChI is InChI=1S/C16H19N3O/c1-10-6-19-8-12(16(17)20)2-3-14(19)15(10)13-9-18-5-4-11(13)7-18/h2-3,6,8,11,13H,4-5,7,9H2,1H3,(H2,17,20). The molecule has 2 saturated heterocycles. The van der Waals surface area contributed by atoms with Crippen molar-refractivity contribution in [3.63, 3.8) is 0 Å². The maximum absolute atomic E-state index is 11.3. The van der Waals surface area contributed by atoms with Crippen LogP contribution >= 0.6 is 0 Å². The molecule has 4 nitrogen and oxygen atoms in total. The highest BCUT2D eigenvalue weighted by Crippen LogP contribution is 2.42. The fourth-order valence-electron chi connectivity index (χ4n) is 4.07. The summed E-state index contributed by atoms with van der Waals surface area (Å²) in [5, 5.41) is 0. The first kappa shape index (κ1) is 12.0. The van der Waals surface area contributed by atoms with E-state index in [1.807, 2.05) is 18.3 Å². The van der Waals surface area contributed by atoms with E-state index in [2.05, 4.69) is 22.4 Å². The Hall–Kier alpha value is -1.81. The fraction of sp³-hybridized carbons (Fsp3) is 0.438. The zero-order valence-corrected chi connectivity index (χ0v) is 11.7. The number of fused-ring (bicyclic) bond motifs is 3. The van der Waals surface area contributed by atoms with Crippen LogP contribution in [0.1, 0.15) is 33.8 Å². The van der Waals surface area contributed by atoms with E-state index in [1.54, 1.807) is 0 Å². The van der Waals surface area contributed by atoms with Gasteiger partial charge in [-0.25, -0.2) is 0 Å². The molecule has 0 spiro atoms. The summed E-state index contributed by atoms with van der Waals surface area (Å²) < 4.78 is 2.06. The van der Waals surface area contributed by atoms with Gasteiger partial charge in [-0.1, -0.05) is 0 Å². The molecular formula is C16H19N3O. The average molecular weight is 269 g/mol. The minimum absolute atomic E-state index is 0.370. The summed E-state index contributed by atoms with van der Waals surface area (Å²) in [6.07, 6.45) is 5.29. The zero-order valence-electron chi connectivity index (χ0n) is 11.7. The van der Waals surface area contributed by atoms with Crippen molar-refractivity contribution in [3.8, 4) is 0 Å². The fourth-order valence-corrected chi connectivity index (χ4v) is 4.07. The maximum Gasteiger partial charge on any atom is 0.250 e. The Kier molecular flexibility index (Phi) is 2.45. The second kappa shape index (κ2) is 4.09. The molecule has 0 aliphatic carbocycles. The largest absolute Gasteiger partial charge is 0.366 e. The summed E-state index contributed by atoms with van der Waals surface area (Å²) in [6, 6.07) is 3.89. The second-order valence-corrected chi connectivity index (χ2v) is 6.22. The first-order chi connectivity index (χ1) is 9.63. The van der Waals surface area contributed by atoms with E-state index >= 15 is 0 Å². The third-order valence-electron chi connectivity index (χ3n) is 5.00. The molecule has 2 aromatic heterocycles. The van der Waals surface area contributed by atoms with Crippen LogP contribution in [0.5, 0.6) is 0 Å². The highest BCUT2D eigenvalue weighted by atomic mass is 16.1. The molecule has 2 aromatic rings. The van der Waals surface area contributed by atoms with E-state index in [9.17, 15) is 4.79 Å². The van der Waals surface area contributed by atoms with E-state index < -0.39 is 0 Å². The molecule has 20 heavy (non-hydrogen) atoms. The number of carbonyl (C=O) groups is 1. The molecule has 2 bridgehead atoms. The minimum Gasteiger partial charge on any atom is -0.366 e. The molecule has 4 heteroatoms. The van der Waals surface area contributed by atoms with Gasteiger partial charge in [-0.2, -0.15) is 0 Å². The molecule has 2 fully saturated rings. The summed E-state index contributed by atoms with van der Waals surface area (Å²) in [7, 11) is 0. The number of aryl methyl sites for hydroxylation is 1. The van der Waals surface area contributed by atoms with Crippen LogP contribution < -0.4 is 5.73 Å². The number of primary amides is 1. The molecule has 104 valence electrons. The van der Waals surface area contributed by atoms with E-state index in [0.29, 0.717) is 11.5 Å². The molecule has 1 amide bonds. The molecule has 0 aromatic carbocycles. The first-order valence-corrected chi connectivity index (χ1v) is 7.27. The third-order valence-corrected chi connectivity index (χ3v) is 5.00. The molecule has 2 aliphatic rings. The van der Waals surface area contributed by atoms with Gasteiger partial charge in [0.15, 0.2) is 0 Å². The van der Waals surface area contributed by atoms with Gasteiger partial charge in [0.05, 0.1) is 5.56 Å². The summed E-state index contributed by atoms with van der Waals surface area (Å²) in [4.78, 5) is 13.9. The normalized spacial score (nSPS) is 28.4. The molecule has 2 N–H and O–H groups in total. The van der Waals surface area contributed by atoms with Gasteiger partial charge in [0.25, 0.3) is 0 Å². The van der Waals surface area contributed by atoms with Crippen LogP contribution in [0.15, 0.2) is 24.5 Å². The van der Waals surface area contributed by atoms with Crippen molar-refractivity contribution >= 4 is 11.4 Å². The molecule has 4 heterocycles. The van der Waals surface area contributed by atoms with Gasteiger partial charge in [0, 0.05) is 36.9 Å². The topological polar surface area (TPSA) is 50.7 Å². The Balaban J connectivity index is 1.83. The van der Waals surface area contributed by atoms with Gasteiger partial charge in [-0.3, -0.25) is 4.79 Å². The van der Waals surface area contributed by atoms with E-state index in [4.69, 9.17) is 5.73 Å². The molecule has 2 aliphatic heterocycles. The highest BCUT2D eigenvalue weighted by molar-refractivity contribution is 5.93. The number of nitrogens with two attached hydrogens (primary N) is 1. The number of aromatic nitrogens is 1. The number of carbonyl (C=O) groups excluding carboxylic acids is 1. The van der Waals surface area contributed by atoms with Crippen LogP contribution in [0.2, 0.25) is 0 Å². The van der Waals surface area contributed by atoms with Crippen molar-refractivity contribution in [3.05, 3.63) is 41.2 Å². The number of hydrogen-bond acceptors (Lipinski definition) is 2. The van der Waals surface area contributed by atoms with Gasteiger partial charge in [0.1, 0.15) is 0 Å². The summed E-state index contributed by atoms with van der Waals surface area (Å²) >= 11 is 0. The van der Waals surface area contributed by atoms with Crippen molar-refractivity contribution in [2.24, 2.45) is 11.7 Å². The molecule has 0 radical (unpaired) electrons. The maximum atomic E-state index is 11.3. The molecule has 3 atom stereocenters. The van der Waals surface area contributed by atoms with Crippen molar-refractivity contribution in [1.29, 1.82) is 0 Å². The predicted molar refractivity (Wildman–Crippen MR) is 77.9 cm³/mol. The average Bonchev–Trinajstić information content (AvgIpc) is 3.09. The number of piperidine rings is 1. The van der Waals surface area contributed by atoms with Crippen molar-refractivity contribution in [2.75, 3.05) is 19.6 Å².